The second-order valence-electron chi connectivity index (χ2n) is 7.11. The number of aromatic hydroxyl groups is 1. The summed E-state index contributed by atoms with van der Waals surface area (Å²) >= 11 is 0. The van der Waals surface area contributed by atoms with Crippen LogP contribution in [0.1, 0.15) is 40.3 Å². The molecule has 1 aliphatic rings. The van der Waals surface area contributed by atoms with E-state index in [1.807, 2.05) is 13.8 Å². The minimum atomic E-state index is -4.41. The largest absolute Gasteiger partial charge is 0.506 e. The van der Waals surface area contributed by atoms with Crippen LogP contribution in [0.2, 0.25) is 0 Å². The van der Waals surface area contributed by atoms with Gasteiger partial charge in [-0.25, -0.2) is 4.79 Å². The normalized spacial score (nSPS) is 16.7. The first-order chi connectivity index (χ1) is 13.6. The molecule has 5 nitrogen and oxygen atoms in total. The number of aryl methyl sites for hydroxylation is 2. The molecule has 0 spiro atoms. The molecular formula is C21H17F3N2O3. The zero-order chi connectivity index (χ0) is 20.9. The van der Waals surface area contributed by atoms with E-state index in [0.29, 0.717) is 16.7 Å². The van der Waals surface area contributed by atoms with Crippen LogP contribution in [0.15, 0.2) is 50.7 Å². The molecule has 0 aliphatic carbocycles. The minimum Gasteiger partial charge on any atom is -0.506 e. The Hall–Kier alpha value is -3.29. The summed E-state index contributed by atoms with van der Waals surface area (Å²) in [6.45, 7) is 3.76. The summed E-state index contributed by atoms with van der Waals surface area (Å²) in [5.41, 5.74) is 4.35. The van der Waals surface area contributed by atoms with Gasteiger partial charge >= 0.3 is 11.8 Å². The minimum absolute atomic E-state index is 0.0392. The monoisotopic (exact) mass is 402 g/mol. The molecule has 2 N–H and O–H groups in total. The molecule has 1 atom stereocenters. The lowest BCUT2D eigenvalue weighted by molar-refractivity contribution is -0.137. The molecule has 8 heteroatoms. The van der Waals surface area contributed by atoms with Gasteiger partial charge in [-0.2, -0.15) is 18.3 Å². The zero-order valence-electron chi connectivity index (χ0n) is 15.6. The molecule has 3 aromatic rings. The van der Waals surface area contributed by atoms with Gasteiger partial charge in [-0.3, -0.25) is 0 Å². The summed E-state index contributed by atoms with van der Waals surface area (Å²) in [5, 5.41) is 15.2. The summed E-state index contributed by atoms with van der Waals surface area (Å²) in [7, 11) is 0. The van der Waals surface area contributed by atoms with E-state index in [-0.39, 0.29) is 23.3 Å². The standard InChI is InChI=1S/C21H17F3N2O3/c1-10-7-14-17(8-11(10)2)29-20(28)18(19(14)27)16-9-15(25-26-16)12-3-5-13(6-4-12)21(22,23)24/h3-8,15,25,27H,9H2,1-2H3. The fraction of sp³-hybridized carbons (Fsp3) is 0.238. The van der Waals surface area contributed by atoms with Gasteiger partial charge in [-0.1, -0.05) is 12.1 Å². The second-order valence-corrected chi connectivity index (χ2v) is 7.11. The molecule has 0 bridgehead atoms. The van der Waals surface area contributed by atoms with E-state index in [4.69, 9.17) is 4.42 Å². The Balaban J connectivity index is 1.66. The highest BCUT2D eigenvalue weighted by molar-refractivity contribution is 6.07. The van der Waals surface area contributed by atoms with Gasteiger partial charge in [0.2, 0.25) is 0 Å². The molecule has 0 fully saturated rings. The predicted octanol–water partition coefficient (Wildman–Crippen LogP) is 4.57. The van der Waals surface area contributed by atoms with Crippen LogP contribution in [0.25, 0.3) is 11.0 Å². The number of nitrogens with one attached hydrogen (secondary N) is 1. The highest BCUT2D eigenvalue weighted by atomic mass is 19.4. The molecule has 0 amide bonds. The van der Waals surface area contributed by atoms with Crippen LogP contribution in [0.3, 0.4) is 0 Å². The topological polar surface area (TPSA) is 74.8 Å². The first-order valence-electron chi connectivity index (χ1n) is 8.92. The van der Waals surface area contributed by atoms with Crippen LogP contribution in [0.4, 0.5) is 13.2 Å². The van der Waals surface area contributed by atoms with Gasteiger partial charge < -0.3 is 14.9 Å². The molecule has 2 aromatic carbocycles. The van der Waals surface area contributed by atoms with Crippen molar-refractivity contribution >= 4 is 16.7 Å². The Morgan fingerprint density at radius 3 is 2.45 bits per heavy atom. The number of hydrazone groups is 1. The van der Waals surface area contributed by atoms with Crippen LogP contribution in [-0.2, 0) is 6.18 Å². The zero-order valence-corrected chi connectivity index (χ0v) is 15.6. The third-order valence-corrected chi connectivity index (χ3v) is 5.18. The third kappa shape index (κ3) is 3.35. The van der Waals surface area contributed by atoms with Gasteiger partial charge in [0.1, 0.15) is 16.9 Å². The second kappa shape index (κ2) is 6.65. The van der Waals surface area contributed by atoms with E-state index in [9.17, 15) is 23.1 Å². The number of fused-ring (bicyclic) bond motifs is 1. The van der Waals surface area contributed by atoms with Crippen LogP contribution in [-0.4, -0.2) is 10.8 Å². The summed E-state index contributed by atoms with van der Waals surface area (Å²) in [4.78, 5) is 12.5. The van der Waals surface area contributed by atoms with E-state index in [2.05, 4.69) is 10.5 Å². The molecule has 4 rings (SSSR count). The molecule has 1 unspecified atom stereocenters. The predicted molar refractivity (Wildman–Crippen MR) is 102 cm³/mol. The summed E-state index contributed by atoms with van der Waals surface area (Å²) in [6.07, 6.45) is -4.18. The molecule has 29 heavy (non-hydrogen) atoms. The number of halogens is 3. The maximum absolute atomic E-state index is 12.7. The van der Waals surface area contributed by atoms with Crippen molar-refractivity contribution in [3.05, 3.63) is 74.6 Å². The molecule has 0 radical (unpaired) electrons. The average molecular weight is 402 g/mol. The summed E-state index contributed by atoms with van der Waals surface area (Å²) in [6, 6.07) is 7.75. The molecule has 1 aliphatic heterocycles. The van der Waals surface area contributed by atoms with E-state index < -0.39 is 23.4 Å². The Labute approximate surface area is 163 Å². The molecule has 2 heterocycles. The quantitative estimate of drug-likeness (QED) is 0.616. The Morgan fingerprint density at radius 2 is 1.79 bits per heavy atom. The fourth-order valence-corrected chi connectivity index (χ4v) is 3.39. The lowest BCUT2D eigenvalue weighted by Gasteiger charge is -2.12. The van der Waals surface area contributed by atoms with Crippen LogP contribution in [0, 0.1) is 13.8 Å². The lowest BCUT2D eigenvalue weighted by Crippen LogP contribution is -2.15. The smallest absolute Gasteiger partial charge is 0.416 e. The van der Waals surface area contributed by atoms with Gasteiger partial charge in [0.05, 0.1) is 22.7 Å². The number of benzene rings is 2. The van der Waals surface area contributed by atoms with Gasteiger partial charge in [0.15, 0.2) is 0 Å². The maximum Gasteiger partial charge on any atom is 0.416 e. The van der Waals surface area contributed by atoms with Gasteiger partial charge in [-0.05, 0) is 54.8 Å². The Kier molecular flexibility index (Phi) is 4.37. The molecular weight excluding hydrogens is 385 g/mol. The highest BCUT2D eigenvalue weighted by Crippen LogP contribution is 2.34. The molecule has 0 saturated heterocycles. The number of hydrogen-bond acceptors (Lipinski definition) is 5. The number of rotatable bonds is 2. The van der Waals surface area contributed by atoms with Crippen LogP contribution >= 0.6 is 0 Å². The highest BCUT2D eigenvalue weighted by Gasteiger charge is 2.31. The lowest BCUT2D eigenvalue weighted by atomic mass is 9.97. The Bertz CT molecular complexity index is 1190. The molecule has 0 saturated carbocycles. The Morgan fingerprint density at radius 1 is 1.14 bits per heavy atom. The van der Waals surface area contributed by atoms with Crippen molar-refractivity contribution in [1.29, 1.82) is 0 Å². The van der Waals surface area contributed by atoms with Crippen molar-refractivity contribution in [2.75, 3.05) is 0 Å². The van der Waals surface area contributed by atoms with Crippen molar-refractivity contribution in [2.45, 2.75) is 32.5 Å². The number of hydrogen-bond donors (Lipinski definition) is 2. The van der Waals surface area contributed by atoms with Gasteiger partial charge in [0.25, 0.3) is 0 Å². The first kappa shape index (κ1) is 19.0. The fourth-order valence-electron chi connectivity index (χ4n) is 3.39. The van der Waals surface area contributed by atoms with Crippen molar-refractivity contribution in [3.63, 3.8) is 0 Å². The van der Waals surface area contributed by atoms with Crippen molar-refractivity contribution < 1.29 is 22.7 Å². The van der Waals surface area contributed by atoms with Crippen molar-refractivity contribution in [1.82, 2.24) is 5.43 Å². The molecule has 150 valence electrons. The van der Waals surface area contributed by atoms with Crippen LogP contribution < -0.4 is 11.1 Å². The van der Waals surface area contributed by atoms with Crippen LogP contribution in [0.5, 0.6) is 5.75 Å². The summed E-state index contributed by atoms with van der Waals surface area (Å²) in [5.74, 6) is -0.215. The van der Waals surface area contributed by atoms with E-state index in [1.165, 1.54) is 12.1 Å². The molecule has 1 aromatic heterocycles. The van der Waals surface area contributed by atoms with Gasteiger partial charge in [-0.15, -0.1) is 0 Å². The van der Waals surface area contributed by atoms with E-state index in [0.717, 1.165) is 23.3 Å². The van der Waals surface area contributed by atoms with Crippen molar-refractivity contribution in [2.24, 2.45) is 5.10 Å². The van der Waals surface area contributed by atoms with E-state index >= 15 is 0 Å². The van der Waals surface area contributed by atoms with Gasteiger partial charge in [0, 0.05) is 6.42 Å². The van der Waals surface area contributed by atoms with Crippen molar-refractivity contribution in [3.8, 4) is 5.75 Å². The van der Waals surface area contributed by atoms with E-state index in [1.54, 1.807) is 12.1 Å². The SMILES string of the molecule is Cc1cc2oc(=O)c(C3=NNC(c4ccc(C(F)(F)F)cc4)C3)c(O)c2cc1C. The number of alkyl halides is 3. The third-order valence-electron chi connectivity index (χ3n) is 5.18. The average Bonchev–Trinajstić information content (AvgIpc) is 3.13. The first-order valence-corrected chi connectivity index (χ1v) is 8.92. The number of nitrogens with zero attached hydrogens (tertiary/aromatic N) is 1. The summed E-state index contributed by atoms with van der Waals surface area (Å²) < 4.78 is 43.6. The maximum atomic E-state index is 12.7.